The first kappa shape index (κ1) is 19.0. The van der Waals surface area contributed by atoms with Crippen LogP contribution in [0.1, 0.15) is 15.9 Å². The van der Waals surface area contributed by atoms with Gasteiger partial charge in [0.05, 0.1) is 19.2 Å². The average Bonchev–Trinajstić information content (AvgIpc) is 2.77. The van der Waals surface area contributed by atoms with Gasteiger partial charge in [-0.05, 0) is 17.7 Å². The summed E-state index contributed by atoms with van der Waals surface area (Å²) in [6.07, 6.45) is 0.457. The highest BCUT2D eigenvalue weighted by Crippen LogP contribution is 2.23. The number of rotatable bonds is 4. The van der Waals surface area contributed by atoms with Crippen molar-refractivity contribution >= 4 is 17.7 Å². The maximum Gasteiger partial charge on any atom is 0.257 e. The first-order valence-electron chi connectivity index (χ1n) is 9.65. The molecule has 2 aromatic carbocycles. The van der Waals surface area contributed by atoms with Crippen molar-refractivity contribution in [3.05, 3.63) is 65.7 Å². The Labute approximate surface area is 169 Å². The molecular weight excluding hydrogens is 370 g/mol. The summed E-state index contributed by atoms with van der Waals surface area (Å²) in [4.78, 5) is 41.9. The fourth-order valence-corrected chi connectivity index (χ4v) is 3.97. The van der Waals surface area contributed by atoms with Crippen molar-refractivity contribution in [3.63, 3.8) is 0 Å². The molecule has 2 fully saturated rings. The van der Waals surface area contributed by atoms with E-state index in [1.165, 1.54) is 7.11 Å². The quantitative estimate of drug-likeness (QED) is 0.844. The van der Waals surface area contributed by atoms with Gasteiger partial charge < -0.3 is 19.9 Å². The lowest BCUT2D eigenvalue weighted by Crippen LogP contribution is -2.70. The molecule has 2 aliphatic rings. The molecule has 1 N–H and O–H groups in total. The third-order valence-corrected chi connectivity index (χ3v) is 5.49. The van der Waals surface area contributed by atoms with E-state index in [2.05, 4.69) is 5.32 Å². The maximum absolute atomic E-state index is 13.0. The van der Waals surface area contributed by atoms with E-state index >= 15 is 0 Å². The Morgan fingerprint density at radius 2 is 1.79 bits per heavy atom. The zero-order valence-electron chi connectivity index (χ0n) is 16.2. The molecule has 0 aliphatic carbocycles. The van der Waals surface area contributed by atoms with Gasteiger partial charge in [0.1, 0.15) is 17.8 Å². The van der Waals surface area contributed by atoms with Crippen LogP contribution in [-0.4, -0.2) is 66.3 Å². The van der Waals surface area contributed by atoms with Gasteiger partial charge in [0.25, 0.3) is 5.91 Å². The number of methoxy groups -OCH3 is 1. The zero-order chi connectivity index (χ0) is 20.4. The molecule has 29 heavy (non-hydrogen) atoms. The van der Waals surface area contributed by atoms with Crippen molar-refractivity contribution in [2.45, 2.75) is 18.5 Å². The number of nitrogens with zero attached hydrogens (tertiary/aromatic N) is 2. The summed E-state index contributed by atoms with van der Waals surface area (Å²) in [7, 11) is 1.52. The normalized spacial score (nSPS) is 21.4. The molecule has 0 bridgehead atoms. The van der Waals surface area contributed by atoms with Gasteiger partial charge in [-0.25, -0.2) is 0 Å². The van der Waals surface area contributed by atoms with Gasteiger partial charge in [-0.2, -0.15) is 0 Å². The molecule has 0 radical (unpaired) electrons. The van der Waals surface area contributed by atoms with Crippen LogP contribution in [0.4, 0.5) is 0 Å². The molecule has 0 saturated carbocycles. The number of ether oxygens (including phenoxy) is 1. The number of benzene rings is 2. The number of fused-ring (bicyclic) bond motifs is 1. The highest BCUT2D eigenvalue weighted by Gasteiger charge is 2.44. The molecule has 2 heterocycles. The van der Waals surface area contributed by atoms with Gasteiger partial charge in [0.2, 0.25) is 11.8 Å². The van der Waals surface area contributed by atoms with Crippen LogP contribution in [0.2, 0.25) is 0 Å². The van der Waals surface area contributed by atoms with Crippen LogP contribution in [-0.2, 0) is 16.0 Å². The van der Waals surface area contributed by atoms with E-state index in [0.717, 1.165) is 5.56 Å². The lowest BCUT2D eigenvalue weighted by atomic mass is 9.98. The Kier molecular flexibility index (Phi) is 5.20. The van der Waals surface area contributed by atoms with Crippen LogP contribution in [0.3, 0.4) is 0 Å². The van der Waals surface area contributed by atoms with Crippen LogP contribution in [0, 0.1) is 0 Å². The fourth-order valence-electron chi connectivity index (χ4n) is 3.97. The predicted octanol–water partition coefficient (Wildman–Crippen LogP) is 1.09. The molecule has 150 valence electrons. The minimum Gasteiger partial charge on any atom is -0.496 e. The van der Waals surface area contributed by atoms with E-state index in [0.29, 0.717) is 30.8 Å². The summed E-state index contributed by atoms with van der Waals surface area (Å²) in [5.41, 5.74) is 1.45. The number of nitrogens with one attached hydrogen (secondary N) is 1. The van der Waals surface area contributed by atoms with Gasteiger partial charge >= 0.3 is 0 Å². The smallest absolute Gasteiger partial charge is 0.257 e. The number of hydrogen-bond acceptors (Lipinski definition) is 4. The summed E-state index contributed by atoms with van der Waals surface area (Å²) >= 11 is 0. The van der Waals surface area contributed by atoms with Crippen molar-refractivity contribution < 1.29 is 19.1 Å². The molecule has 0 spiro atoms. The van der Waals surface area contributed by atoms with E-state index in [9.17, 15) is 14.4 Å². The molecule has 0 aromatic heterocycles. The third kappa shape index (κ3) is 3.68. The summed E-state index contributed by atoms with van der Waals surface area (Å²) in [5.74, 6) is -0.0216. The SMILES string of the molecule is COc1ccccc1C(=O)N1CCN2C(=O)[C@H](Cc3ccccc3)NC(=O)[C@H]2C1. The lowest BCUT2D eigenvalue weighted by molar-refractivity contribution is -0.152. The average molecular weight is 393 g/mol. The second-order valence-corrected chi connectivity index (χ2v) is 7.25. The molecule has 2 aliphatic heterocycles. The van der Waals surface area contributed by atoms with Crippen LogP contribution in [0.25, 0.3) is 0 Å². The number of piperazine rings is 2. The van der Waals surface area contributed by atoms with Crippen molar-refractivity contribution in [3.8, 4) is 5.75 Å². The first-order valence-corrected chi connectivity index (χ1v) is 9.65. The van der Waals surface area contributed by atoms with Gasteiger partial charge in [-0.3, -0.25) is 14.4 Å². The fraction of sp³-hybridized carbons (Fsp3) is 0.318. The Bertz CT molecular complexity index is 931. The summed E-state index contributed by atoms with van der Waals surface area (Å²) < 4.78 is 5.28. The Morgan fingerprint density at radius 1 is 1.07 bits per heavy atom. The second-order valence-electron chi connectivity index (χ2n) is 7.25. The van der Waals surface area contributed by atoms with E-state index in [1.54, 1.807) is 34.1 Å². The van der Waals surface area contributed by atoms with Crippen LogP contribution < -0.4 is 10.1 Å². The molecule has 2 aromatic rings. The predicted molar refractivity (Wildman–Crippen MR) is 106 cm³/mol. The molecule has 3 amide bonds. The molecular formula is C22H23N3O4. The van der Waals surface area contributed by atoms with Crippen molar-refractivity contribution in [1.29, 1.82) is 0 Å². The lowest BCUT2D eigenvalue weighted by Gasteiger charge is -2.45. The van der Waals surface area contributed by atoms with E-state index in [1.807, 2.05) is 30.3 Å². The van der Waals surface area contributed by atoms with Crippen molar-refractivity contribution in [1.82, 2.24) is 15.1 Å². The van der Waals surface area contributed by atoms with Crippen LogP contribution in [0.5, 0.6) is 5.75 Å². The topological polar surface area (TPSA) is 79.0 Å². The number of amides is 3. The Balaban J connectivity index is 1.48. The monoisotopic (exact) mass is 393 g/mol. The molecule has 7 nitrogen and oxygen atoms in total. The highest BCUT2D eigenvalue weighted by molar-refractivity contribution is 6.00. The third-order valence-electron chi connectivity index (χ3n) is 5.49. The number of carbonyl (C=O) groups is 3. The molecule has 4 rings (SSSR count). The maximum atomic E-state index is 13.0. The Morgan fingerprint density at radius 3 is 2.55 bits per heavy atom. The van der Waals surface area contributed by atoms with E-state index in [4.69, 9.17) is 4.74 Å². The molecule has 2 atom stereocenters. The molecule has 2 saturated heterocycles. The number of carbonyl (C=O) groups excluding carboxylic acids is 3. The van der Waals surface area contributed by atoms with Crippen LogP contribution >= 0.6 is 0 Å². The molecule has 0 unspecified atom stereocenters. The summed E-state index contributed by atoms with van der Waals surface area (Å²) in [5, 5.41) is 2.84. The summed E-state index contributed by atoms with van der Waals surface area (Å²) in [6.45, 7) is 0.889. The Hall–Kier alpha value is -3.35. The van der Waals surface area contributed by atoms with E-state index in [-0.39, 0.29) is 24.3 Å². The minimum atomic E-state index is -0.665. The highest BCUT2D eigenvalue weighted by atomic mass is 16.5. The second kappa shape index (κ2) is 7.95. The first-order chi connectivity index (χ1) is 14.1. The number of hydrogen-bond donors (Lipinski definition) is 1. The minimum absolute atomic E-state index is 0.0946. The van der Waals surface area contributed by atoms with Crippen molar-refractivity contribution in [2.75, 3.05) is 26.7 Å². The van der Waals surface area contributed by atoms with E-state index < -0.39 is 12.1 Å². The largest absolute Gasteiger partial charge is 0.496 e. The van der Waals surface area contributed by atoms with Crippen LogP contribution in [0.15, 0.2) is 54.6 Å². The zero-order valence-corrected chi connectivity index (χ0v) is 16.2. The van der Waals surface area contributed by atoms with Gasteiger partial charge in [0.15, 0.2) is 0 Å². The van der Waals surface area contributed by atoms with Gasteiger partial charge in [-0.15, -0.1) is 0 Å². The van der Waals surface area contributed by atoms with Gasteiger partial charge in [0, 0.05) is 19.5 Å². The van der Waals surface area contributed by atoms with Gasteiger partial charge in [-0.1, -0.05) is 42.5 Å². The summed E-state index contributed by atoms with van der Waals surface area (Å²) in [6, 6.07) is 15.4. The number of para-hydroxylation sites is 1. The standard InChI is InChI=1S/C22H23N3O4/c1-29-19-10-6-5-9-16(19)21(27)24-11-12-25-18(14-24)20(26)23-17(22(25)28)13-15-7-3-2-4-8-15/h2-10,17-18H,11-14H2,1H3,(H,23,26)/t17-,18+/m0/s1. The molecule has 7 heteroatoms. The van der Waals surface area contributed by atoms with Crippen molar-refractivity contribution in [2.24, 2.45) is 0 Å².